The van der Waals surface area contributed by atoms with E-state index in [1.165, 1.54) is 19.3 Å². The van der Waals surface area contributed by atoms with Crippen molar-refractivity contribution in [2.75, 3.05) is 0 Å². The fourth-order valence-corrected chi connectivity index (χ4v) is 2.19. The van der Waals surface area contributed by atoms with Gasteiger partial charge in [-0.3, -0.25) is 0 Å². The summed E-state index contributed by atoms with van der Waals surface area (Å²) in [6.45, 7) is 4.33. The van der Waals surface area contributed by atoms with Crippen LogP contribution in [-0.2, 0) is 0 Å². The Kier molecular flexibility index (Phi) is 4.24. The first-order valence-corrected chi connectivity index (χ1v) is 5.92. The molecule has 1 aliphatic carbocycles. The van der Waals surface area contributed by atoms with Crippen LogP contribution in [0.2, 0.25) is 0 Å². The second-order valence-corrected chi connectivity index (χ2v) is 4.71. The Bertz CT molecular complexity index is 132. The molecule has 1 heteroatoms. The Morgan fingerprint density at radius 1 is 1.08 bits per heavy atom. The first kappa shape index (κ1) is 11.0. The lowest BCUT2D eigenvalue weighted by Crippen LogP contribution is -2.28. The van der Waals surface area contributed by atoms with Crippen LogP contribution >= 0.6 is 0 Å². The van der Waals surface area contributed by atoms with E-state index in [9.17, 15) is 5.11 Å². The van der Waals surface area contributed by atoms with E-state index in [-0.39, 0.29) is 5.60 Å². The van der Waals surface area contributed by atoms with Crippen LogP contribution in [0.3, 0.4) is 0 Å². The van der Waals surface area contributed by atoms with Crippen molar-refractivity contribution in [1.29, 1.82) is 0 Å². The van der Waals surface area contributed by atoms with Gasteiger partial charge in [0.2, 0.25) is 0 Å². The molecule has 0 atom stereocenters. The lowest BCUT2D eigenvalue weighted by molar-refractivity contribution is 0.00977. The standard InChI is InChI=1S/C12H24O/c1-3-8-12(13,9-4-2)10-7-11-5-6-11/h11,13H,3-10H2,1-2H3. The summed E-state index contributed by atoms with van der Waals surface area (Å²) in [5, 5.41) is 10.3. The summed E-state index contributed by atoms with van der Waals surface area (Å²) >= 11 is 0. The van der Waals surface area contributed by atoms with Crippen molar-refractivity contribution in [2.24, 2.45) is 5.92 Å². The van der Waals surface area contributed by atoms with Crippen molar-refractivity contribution in [3.8, 4) is 0 Å². The van der Waals surface area contributed by atoms with E-state index < -0.39 is 0 Å². The molecule has 0 aromatic carbocycles. The summed E-state index contributed by atoms with van der Waals surface area (Å²) in [6, 6.07) is 0. The molecule has 0 amide bonds. The van der Waals surface area contributed by atoms with Crippen LogP contribution in [0.4, 0.5) is 0 Å². The Balaban J connectivity index is 2.24. The fourth-order valence-electron chi connectivity index (χ4n) is 2.19. The molecule has 0 heterocycles. The van der Waals surface area contributed by atoms with Crippen molar-refractivity contribution < 1.29 is 5.11 Å². The molecule has 0 spiro atoms. The number of hydrogen-bond donors (Lipinski definition) is 1. The first-order chi connectivity index (χ1) is 6.20. The molecule has 13 heavy (non-hydrogen) atoms. The number of hydrogen-bond acceptors (Lipinski definition) is 1. The first-order valence-electron chi connectivity index (χ1n) is 5.92. The Hall–Kier alpha value is -0.0400. The highest BCUT2D eigenvalue weighted by Crippen LogP contribution is 2.37. The zero-order valence-electron chi connectivity index (χ0n) is 9.18. The van der Waals surface area contributed by atoms with E-state index >= 15 is 0 Å². The van der Waals surface area contributed by atoms with Crippen LogP contribution in [0, 0.1) is 5.92 Å². The highest BCUT2D eigenvalue weighted by Gasteiger charge is 2.29. The summed E-state index contributed by atoms with van der Waals surface area (Å²) in [5.41, 5.74) is -0.327. The van der Waals surface area contributed by atoms with Crippen molar-refractivity contribution in [3.63, 3.8) is 0 Å². The second-order valence-electron chi connectivity index (χ2n) is 4.71. The molecular weight excluding hydrogens is 160 g/mol. The van der Waals surface area contributed by atoms with Crippen molar-refractivity contribution in [2.45, 2.75) is 70.8 Å². The predicted octanol–water partition coefficient (Wildman–Crippen LogP) is 3.51. The SMILES string of the molecule is CCCC(O)(CCC)CCC1CC1. The Labute approximate surface area is 82.5 Å². The maximum atomic E-state index is 10.3. The molecule has 0 saturated heterocycles. The molecule has 78 valence electrons. The van der Waals surface area contributed by atoms with Gasteiger partial charge in [-0.2, -0.15) is 0 Å². The summed E-state index contributed by atoms with van der Waals surface area (Å²) in [6.07, 6.45) is 9.34. The molecule has 0 aromatic rings. The van der Waals surface area contributed by atoms with Crippen LogP contribution in [-0.4, -0.2) is 10.7 Å². The molecule has 1 nitrogen and oxygen atoms in total. The Morgan fingerprint density at radius 2 is 1.62 bits per heavy atom. The molecule has 1 aliphatic rings. The largest absolute Gasteiger partial charge is 0.390 e. The molecule has 0 radical (unpaired) electrons. The molecular formula is C12H24O. The average Bonchev–Trinajstić information content (AvgIpc) is 2.85. The van der Waals surface area contributed by atoms with Gasteiger partial charge < -0.3 is 5.11 Å². The zero-order chi connectivity index (χ0) is 9.73. The van der Waals surface area contributed by atoms with Crippen LogP contribution in [0.5, 0.6) is 0 Å². The minimum Gasteiger partial charge on any atom is -0.390 e. The van der Waals surface area contributed by atoms with E-state index in [2.05, 4.69) is 13.8 Å². The minimum absolute atomic E-state index is 0.327. The number of rotatable bonds is 7. The monoisotopic (exact) mass is 184 g/mol. The van der Waals surface area contributed by atoms with E-state index in [4.69, 9.17) is 0 Å². The van der Waals surface area contributed by atoms with Crippen LogP contribution in [0.1, 0.15) is 65.2 Å². The van der Waals surface area contributed by atoms with E-state index in [0.29, 0.717) is 0 Å². The van der Waals surface area contributed by atoms with Gasteiger partial charge >= 0.3 is 0 Å². The average molecular weight is 184 g/mol. The van der Waals surface area contributed by atoms with Crippen molar-refractivity contribution in [3.05, 3.63) is 0 Å². The van der Waals surface area contributed by atoms with Gasteiger partial charge in [-0.15, -0.1) is 0 Å². The maximum Gasteiger partial charge on any atom is 0.0647 e. The molecule has 1 rings (SSSR count). The normalized spacial score (nSPS) is 17.8. The van der Waals surface area contributed by atoms with Gasteiger partial charge in [0.05, 0.1) is 5.60 Å². The van der Waals surface area contributed by atoms with Gasteiger partial charge in [0.25, 0.3) is 0 Å². The zero-order valence-corrected chi connectivity index (χ0v) is 9.18. The van der Waals surface area contributed by atoms with E-state index in [1.807, 2.05) is 0 Å². The van der Waals surface area contributed by atoms with Crippen molar-refractivity contribution in [1.82, 2.24) is 0 Å². The van der Waals surface area contributed by atoms with Gasteiger partial charge in [0.1, 0.15) is 0 Å². The predicted molar refractivity (Wildman–Crippen MR) is 56.7 cm³/mol. The molecule has 1 fully saturated rings. The summed E-state index contributed by atoms with van der Waals surface area (Å²) in [5.74, 6) is 0.959. The molecule has 1 saturated carbocycles. The maximum absolute atomic E-state index is 10.3. The lowest BCUT2D eigenvalue weighted by atomic mass is 9.87. The van der Waals surface area contributed by atoms with Gasteiger partial charge in [-0.25, -0.2) is 0 Å². The summed E-state index contributed by atoms with van der Waals surface area (Å²) in [4.78, 5) is 0. The van der Waals surface area contributed by atoms with Gasteiger partial charge in [-0.05, 0) is 31.6 Å². The highest BCUT2D eigenvalue weighted by atomic mass is 16.3. The molecule has 0 unspecified atom stereocenters. The van der Waals surface area contributed by atoms with Crippen molar-refractivity contribution >= 4 is 0 Å². The number of aliphatic hydroxyl groups is 1. The third-order valence-corrected chi connectivity index (χ3v) is 3.15. The van der Waals surface area contributed by atoms with Gasteiger partial charge in [0, 0.05) is 0 Å². The third kappa shape index (κ3) is 4.12. The quantitative estimate of drug-likeness (QED) is 0.642. The highest BCUT2D eigenvalue weighted by molar-refractivity contribution is 4.82. The molecule has 0 aliphatic heterocycles. The summed E-state index contributed by atoms with van der Waals surface area (Å²) in [7, 11) is 0. The third-order valence-electron chi connectivity index (χ3n) is 3.15. The lowest BCUT2D eigenvalue weighted by Gasteiger charge is -2.27. The molecule has 0 bridgehead atoms. The van der Waals surface area contributed by atoms with Gasteiger partial charge in [-0.1, -0.05) is 39.5 Å². The van der Waals surface area contributed by atoms with E-state index in [1.54, 1.807) is 0 Å². The van der Waals surface area contributed by atoms with Crippen LogP contribution in [0.15, 0.2) is 0 Å². The molecule has 0 aromatic heterocycles. The Morgan fingerprint density at radius 3 is 2.00 bits per heavy atom. The fraction of sp³-hybridized carbons (Fsp3) is 1.00. The minimum atomic E-state index is -0.327. The van der Waals surface area contributed by atoms with Crippen LogP contribution in [0.25, 0.3) is 0 Å². The smallest absolute Gasteiger partial charge is 0.0647 e. The van der Waals surface area contributed by atoms with Crippen LogP contribution < -0.4 is 0 Å². The summed E-state index contributed by atoms with van der Waals surface area (Å²) < 4.78 is 0. The molecule has 1 N–H and O–H groups in total. The topological polar surface area (TPSA) is 20.2 Å². The van der Waals surface area contributed by atoms with E-state index in [0.717, 1.165) is 38.0 Å². The second kappa shape index (κ2) is 4.99. The van der Waals surface area contributed by atoms with Gasteiger partial charge in [0.15, 0.2) is 0 Å².